The Morgan fingerprint density at radius 1 is 1.35 bits per heavy atom. The first-order valence-corrected chi connectivity index (χ1v) is 8.64. The summed E-state index contributed by atoms with van der Waals surface area (Å²) in [4.78, 5) is 23.4. The molecule has 0 saturated carbocycles. The van der Waals surface area contributed by atoms with Crippen LogP contribution in [0.15, 0.2) is 6.07 Å². The van der Waals surface area contributed by atoms with E-state index in [1.165, 1.54) is 0 Å². The number of carbonyl (C=O) groups is 1. The lowest BCUT2D eigenvalue weighted by atomic mass is 10.2. The summed E-state index contributed by atoms with van der Waals surface area (Å²) in [5, 5.41) is 2.93. The molecule has 1 N–H and O–H groups in total. The molecular weight excluding hydrogens is 292 g/mol. The average molecular weight is 320 g/mol. The molecule has 1 atom stereocenters. The van der Waals surface area contributed by atoms with E-state index in [4.69, 9.17) is 4.74 Å². The molecule has 0 spiro atoms. The third-order valence-electron chi connectivity index (χ3n) is 3.88. The van der Waals surface area contributed by atoms with Crippen molar-refractivity contribution in [2.45, 2.75) is 52.6 Å². The van der Waals surface area contributed by atoms with Gasteiger partial charge in [-0.3, -0.25) is 4.79 Å². The summed E-state index contributed by atoms with van der Waals surface area (Å²) < 4.78 is 5.53. The van der Waals surface area contributed by atoms with E-state index in [0.717, 1.165) is 51.2 Å². The second-order valence-corrected chi connectivity index (χ2v) is 5.99. The smallest absolute Gasteiger partial charge is 0.270 e. The van der Waals surface area contributed by atoms with E-state index in [9.17, 15) is 4.79 Å². The molecule has 1 aromatic heterocycles. The summed E-state index contributed by atoms with van der Waals surface area (Å²) in [6.07, 6.45) is 4.31. The Balaban J connectivity index is 2.06. The number of nitrogens with one attached hydrogen (secondary N) is 1. The standard InChI is InChI=1S/C17H28N4O2/c1-4-8-21(9-5-2)16-11-15(19-13(3)20-16)17(22)18-12-14-7-6-10-23-14/h11,14H,4-10,12H2,1-3H3,(H,18,22). The minimum absolute atomic E-state index is 0.137. The van der Waals surface area contributed by atoms with Crippen molar-refractivity contribution in [3.8, 4) is 0 Å². The maximum absolute atomic E-state index is 12.4. The fourth-order valence-corrected chi connectivity index (χ4v) is 2.81. The number of aryl methyl sites for hydroxylation is 1. The molecule has 1 aliphatic rings. The molecule has 1 unspecified atom stereocenters. The van der Waals surface area contributed by atoms with Crippen LogP contribution >= 0.6 is 0 Å². The second-order valence-electron chi connectivity index (χ2n) is 5.99. The average Bonchev–Trinajstić information content (AvgIpc) is 3.05. The Morgan fingerprint density at radius 3 is 2.70 bits per heavy atom. The van der Waals surface area contributed by atoms with E-state index in [1.807, 2.05) is 6.92 Å². The lowest BCUT2D eigenvalue weighted by Crippen LogP contribution is -2.33. The van der Waals surface area contributed by atoms with E-state index in [1.54, 1.807) is 6.07 Å². The number of carbonyl (C=O) groups excluding carboxylic acids is 1. The molecule has 0 aromatic carbocycles. The molecule has 1 amide bonds. The minimum Gasteiger partial charge on any atom is -0.376 e. The van der Waals surface area contributed by atoms with Crippen molar-refractivity contribution in [3.63, 3.8) is 0 Å². The first-order chi connectivity index (χ1) is 11.1. The minimum atomic E-state index is -0.153. The number of hydrogen-bond donors (Lipinski definition) is 1. The molecule has 2 heterocycles. The molecule has 0 bridgehead atoms. The maximum Gasteiger partial charge on any atom is 0.270 e. The molecule has 1 aromatic rings. The summed E-state index contributed by atoms with van der Waals surface area (Å²) in [7, 11) is 0. The van der Waals surface area contributed by atoms with Gasteiger partial charge in [0.25, 0.3) is 5.91 Å². The van der Waals surface area contributed by atoms with Crippen LogP contribution in [0.4, 0.5) is 5.82 Å². The van der Waals surface area contributed by atoms with E-state index in [-0.39, 0.29) is 12.0 Å². The Bertz CT molecular complexity index is 509. The van der Waals surface area contributed by atoms with Crippen LogP contribution in [0.25, 0.3) is 0 Å². The van der Waals surface area contributed by atoms with Crippen molar-refractivity contribution in [1.82, 2.24) is 15.3 Å². The van der Waals surface area contributed by atoms with Crippen LogP contribution in [-0.4, -0.2) is 48.2 Å². The maximum atomic E-state index is 12.4. The predicted octanol–water partition coefficient (Wildman–Crippen LogP) is 2.32. The van der Waals surface area contributed by atoms with Gasteiger partial charge in [-0.15, -0.1) is 0 Å². The molecule has 0 aliphatic carbocycles. The molecule has 6 nitrogen and oxygen atoms in total. The van der Waals surface area contributed by atoms with E-state index >= 15 is 0 Å². The van der Waals surface area contributed by atoms with Crippen molar-refractivity contribution in [1.29, 1.82) is 0 Å². The number of hydrogen-bond acceptors (Lipinski definition) is 5. The molecule has 0 radical (unpaired) electrons. The largest absolute Gasteiger partial charge is 0.376 e. The highest BCUT2D eigenvalue weighted by molar-refractivity contribution is 5.93. The third-order valence-corrected chi connectivity index (χ3v) is 3.88. The molecule has 23 heavy (non-hydrogen) atoms. The number of aromatic nitrogens is 2. The second kappa shape index (κ2) is 8.82. The highest BCUT2D eigenvalue weighted by atomic mass is 16.5. The van der Waals surface area contributed by atoms with Gasteiger partial charge in [-0.1, -0.05) is 13.8 Å². The first kappa shape index (κ1) is 17.7. The quantitative estimate of drug-likeness (QED) is 0.796. The van der Waals surface area contributed by atoms with Crippen LogP contribution < -0.4 is 10.2 Å². The number of nitrogens with zero attached hydrogens (tertiary/aromatic N) is 3. The summed E-state index contributed by atoms with van der Waals surface area (Å²) in [6, 6.07) is 1.79. The summed E-state index contributed by atoms with van der Waals surface area (Å²) in [5.74, 6) is 1.31. The van der Waals surface area contributed by atoms with Crippen molar-refractivity contribution in [2.24, 2.45) is 0 Å². The van der Waals surface area contributed by atoms with E-state index in [2.05, 4.69) is 34.0 Å². The van der Waals surface area contributed by atoms with Gasteiger partial charge in [0.1, 0.15) is 17.3 Å². The van der Waals surface area contributed by atoms with Crippen LogP contribution in [0.2, 0.25) is 0 Å². The molecule has 2 rings (SSSR count). The summed E-state index contributed by atoms with van der Waals surface area (Å²) in [5.41, 5.74) is 0.433. The van der Waals surface area contributed by atoms with Crippen molar-refractivity contribution < 1.29 is 9.53 Å². The van der Waals surface area contributed by atoms with Gasteiger partial charge in [0.05, 0.1) is 6.10 Å². The zero-order chi connectivity index (χ0) is 16.7. The molecule has 128 valence electrons. The van der Waals surface area contributed by atoms with E-state index < -0.39 is 0 Å². The lowest BCUT2D eigenvalue weighted by Gasteiger charge is -2.23. The molecule has 1 saturated heterocycles. The highest BCUT2D eigenvalue weighted by Gasteiger charge is 2.18. The highest BCUT2D eigenvalue weighted by Crippen LogP contribution is 2.15. The SMILES string of the molecule is CCCN(CCC)c1cc(C(=O)NCC2CCCO2)nc(C)n1. The van der Waals surface area contributed by atoms with Crippen molar-refractivity contribution >= 4 is 11.7 Å². The first-order valence-electron chi connectivity index (χ1n) is 8.64. The van der Waals surface area contributed by atoms with Crippen molar-refractivity contribution in [2.75, 3.05) is 31.1 Å². The van der Waals surface area contributed by atoms with Gasteiger partial charge in [-0.25, -0.2) is 9.97 Å². The van der Waals surface area contributed by atoms with Gasteiger partial charge < -0.3 is 15.0 Å². The molecule has 1 aliphatic heterocycles. The zero-order valence-electron chi connectivity index (χ0n) is 14.5. The van der Waals surface area contributed by atoms with Gasteiger partial charge >= 0.3 is 0 Å². The summed E-state index contributed by atoms with van der Waals surface area (Å²) in [6.45, 7) is 9.32. The molecular formula is C17H28N4O2. The monoisotopic (exact) mass is 320 g/mol. The van der Waals surface area contributed by atoms with Crippen LogP contribution in [0.5, 0.6) is 0 Å². The fourth-order valence-electron chi connectivity index (χ4n) is 2.81. The Hall–Kier alpha value is -1.69. The lowest BCUT2D eigenvalue weighted by molar-refractivity contribution is 0.0853. The van der Waals surface area contributed by atoms with Crippen molar-refractivity contribution in [3.05, 3.63) is 17.6 Å². The molecule has 6 heteroatoms. The van der Waals surface area contributed by atoms with Crippen LogP contribution in [0.1, 0.15) is 55.8 Å². The van der Waals surface area contributed by atoms with Crippen LogP contribution in [0, 0.1) is 6.92 Å². The Kier molecular flexibility index (Phi) is 6.77. The van der Waals surface area contributed by atoms with Crippen LogP contribution in [0.3, 0.4) is 0 Å². The van der Waals surface area contributed by atoms with Crippen LogP contribution in [-0.2, 0) is 4.74 Å². The van der Waals surface area contributed by atoms with Gasteiger partial charge in [0.15, 0.2) is 0 Å². The van der Waals surface area contributed by atoms with Gasteiger partial charge in [-0.05, 0) is 32.6 Å². The summed E-state index contributed by atoms with van der Waals surface area (Å²) >= 11 is 0. The number of anilines is 1. The normalized spacial score (nSPS) is 17.3. The van der Waals surface area contributed by atoms with Gasteiger partial charge in [0.2, 0.25) is 0 Å². The number of ether oxygens (including phenoxy) is 1. The molecule has 1 fully saturated rings. The third kappa shape index (κ3) is 5.16. The van der Waals surface area contributed by atoms with E-state index in [0.29, 0.717) is 18.1 Å². The van der Waals surface area contributed by atoms with Gasteiger partial charge in [0, 0.05) is 32.3 Å². The Labute approximate surface area is 138 Å². The topological polar surface area (TPSA) is 67.4 Å². The fraction of sp³-hybridized carbons (Fsp3) is 0.706. The number of rotatable bonds is 8. The van der Waals surface area contributed by atoms with Gasteiger partial charge in [-0.2, -0.15) is 0 Å². The number of amides is 1. The predicted molar refractivity (Wildman–Crippen MR) is 90.9 cm³/mol. The zero-order valence-corrected chi connectivity index (χ0v) is 14.5. The Morgan fingerprint density at radius 2 is 2.09 bits per heavy atom.